The fourth-order valence-electron chi connectivity index (χ4n) is 2.37. The molecule has 0 fully saturated rings. The largest absolute Gasteiger partial charge is 0.0899 e. The Morgan fingerprint density at radius 3 is 1.88 bits per heavy atom. The van der Waals surface area contributed by atoms with Crippen molar-refractivity contribution < 1.29 is 0 Å². The van der Waals surface area contributed by atoms with Gasteiger partial charge in [-0.3, -0.25) is 0 Å². The molecule has 0 aliphatic carbocycles. The summed E-state index contributed by atoms with van der Waals surface area (Å²) in [6, 6.07) is 30.4. The van der Waals surface area contributed by atoms with Crippen LogP contribution in [0.5, 0.6) is 0 Å². The van der Waals surface area contributed by atoms with E-state index in [1.807, 2.05) is 66.7 Å². The molecule has 0 saturated heterocycles. The van der Waals surface area contributed by atoms with E-state index >= 15 is 0 Å². The van der Waals surface area contributed by atoms with Crippen LogP contribution in [0.15, 0.2) is 103 Å². The first-order valence-electron chi connectivity index (χ1n) is 7.91. The molecule has 0 unspecified atom stereocenters. The molecule has 3 aromatic rings. The summed E-state index contributed by atoms with van der Waals surface area (Å²) in [6.45, 7) is 4.26. The van der Waals surface area contributed by atoms with Gasteiger partial charge in [0.1, 0.15) is 0 Å². The van der Waals surface area contributed by atoms with Crippen molar-refractivity contribution in [2.75, 3.05) is 0 Å². The molecule has 0 spiro atoms. The van der Waals surface area contributed by atoms with Crippen LogP contribution in [0.3, 0.4) is 0 Å². The van der Waals surface area contributed by atoms with Crippen LogP contribution in [-0.4, -0.2) is 0 Å². The first-order valence-corrected chi connectivity index (χ1v) is 7.91. The Morgan fingerprint density at radius 1 is 0.708 bits per heavy atom. The van der Waals surface area contributed by atoms with Crippen molar-refractivity contribution in [1.82, 2.24) is 0 Å². The molecule has 24 heavy (non-hydrogen) atoms. The van der Waals surface area contributed by atoms with Gasteiger partial charge in [0.15, 0.2) is 0 Å². The van der Waals surface area contributed by atoms with Crippen molar-refractivity contribution in [2.45, 2.75) is 0 Å². The third-order valence-electron chi connectivity index (χ3n) is 3.67. The minimum Gasteiger partial charge on any atom is -0.0899 e. The van der Waals surface area contributed by atoms with Gasteiger partial charge in [0, 0.05) is 11.1 Å². The van der Waals surface area contributed by atoms with Crippen LogP contribution in [0.25, 0.3) is 11.6 Å². The van der Waals surface area contributed by atoms with E-state index in [0.717, 1.165) is 27.8 Å². The highest BCUT2D eigenvalue weighted by Gasteiger charge is 2.03. The molecule has 0 heteroatoms. The van der Waals surface area contributed by atoms with Gasteiger partial charge < -0.3 is 0 Å². The average molecular weight is 306 g/mol. The van der Waals surface area contributed by atoms with Crippen LogP contribution in [-0.2, 0) is 0 Å². The van der Waals surface area contributed by atoms with E-state index in [1.165, 1.54) is 0 Å². The quantitative estimate of drug-likeness (QED) is 0.421. The van der Waals surface area contributed by atoms with Crippen LogP contribution in [0.1, 0.15) is 16.7 Å². The second kappa shape index (κ2) is 7.81. The summed E-state index contributed by atoms with van der Waals surface area (Å²) in [5, 5.41) is 0. The van der Waals surface area contributed by atoms with E-state index in [9.17, 15) is 0 Å². The van der Waals surface area contributed by atoms with Crippen molar-refractivity contribution >= 4 is 11.6 Å². The maximum absolute atomic E-state index is 4.26. The second-order valence-corrected chi connectivity index (χ2v) is 5.43. The minimum absolute atomic E-state index is 0.927. The molecule has 0 aliphatic rings. The van der Waals surface area contributed by atoms with Crippen LogP contribution in [0, 0.1) is 11.8 Å². The van der Waals surface area contributed by atoms with Gasteiger partial charge in [-0.25, -0.2) is 0 Å². The first-order chi connectivity index (χ1) is 11.8. The fourth-order valence-corrected chi connectivity index (χ4v) is 2.37. The maximum atomic E-state index is 4.26. The average Bonchev–Trinajstić information content (AvgIpc) is 2.67. The molecule has 3 rings (SSSR count). The third-order valence-corrected chi connectivity index (χ3v) is 3.67. The highest BCUT2D eigenvalue weighted by molar-refractivity contribution is 5.88. The zero-order valence-corrected chi connectivity index (χ0v) is 13.4. The summed E-state index contributed by atoms with van der Waals surface area (Å²) >= 11 is 0. The first kappa shape index (κ1) is 15.6. The van der Waals surface area contributed by atoms with Crippen LogP contribution >= 0.6 is 0 Å². The molecule has 0 saturated carbocycles. The van der Waals surface area contributed by atoms with Gasteiger partial charge in [-0.2, -0.15) is 0 Å². The Labute approximate surface area is 143 Å². The summed E-state index contributed by atoms with van der Waals surface area (Å²) in [5.74, 6) is 6.53. The topological polar surface area (TPSA) is 0 Å². The molecule has 0 aliphatic heterocycles. The second-order valence-electron chi connectivity index (χ2n) is 5.43. The molecule has 0 radical (unpaired) electrons. The van der Waals surface area contributed by atoms with Crippen LogP contribution < -0.4 is 0 Å². The summed E-state index contributed by atoms with van der Waals surface area (Å²) < 4.78 is 0. The standard InChI is InChI=1S/C24H18/c1-20(23-15-9-4-10-16-23)24(19-22-13-7-3-8-14-22)18-17-21-11-5-2-6-12-21/h2-16,19H,1H2/b24-19+. The van der Waals surface area contributed by atoms with E-state index in [0.29, 0.717) is 0 Å². The third kappa shape index (κ3) is 4.12. The lowest BCUT2D eigenvalue weighted by Gasteiger charge is -2.06. The van der Waals surface area contributed by atoms with E-state index in [2.05, 4.69) is 48.8 Å². The van der Waals surface area contributed by atoms with E-state index < -0.39 is 0 Å². The number of benzene rings is 3. The minimum atomic E-state index is 0.927. The van der Waals surface area contributed by atoms with Crippen LogP contribution in [0.4, 0.5) is 0 Å². The monoisotopic (exact) mass is 306 g/mol. The molecule has 0 nitrogen and oxygen atoms in total. The van der Waals surface area contributed by atoms with Gasteiger partial charge in [0.2, 0.25) is 0 Å². The molecule has 0 amide bonds. The lowest BCUT2D eigenvalue weighted by molar-refractivity contribution is 1.59. The smallest absolute Gasteiger partial charge is 0.0327 e. The van der Waals surface area contributed by atoms with E-state index in [4.69, 9.17) is 0 Å². The Morgan fingerprint density at radius 2 is 1.25 bits per heavy atom. The zero-order chi connectivity index (χ0) is 16.6. The molecule has 0 N–H and O–H groups in total. The van der Waals surface area contributed by atoms with Crippen molar-refractivity contribution in [3.63, 3.8) is 0 Å². The zero-order valence-electron chi connectivity index (χ0n) is 13.4. The Balaban J connectivity index is 2.00. The highest BCUT2D eigenvalue weighted by atomic mass is 14.1. The molecule has 0 atom stereocenters. The Hall–Kier alpha value is -3.30. The summed E-state index contributed by atoms with van der Waals surface area (Å²) in [4.78, 5) is 0. The molecule has 0 bridgehead atoms. The van der Waals surface area contributed by atoms with Gasteiger partial charge in [-0.1, -0.05) is 97.3 Å². The van der Waals surface area contributed by atoms with Gasteiger partial charge in [-0.05, 0) is 34.9 Å². The molecule has 0 heterocycles. The van der Waals surface area contributed by atoms with Crippen molar-refractivity contribution in [3.05, 3.63) is 120 Å². The van der Waals surface area contributed by atoms with E-state index in [-0.39, 0.29) is 0 Å². The van der Waals surface area contributed by atoms with Gasteiger partial charge in [0.25, 0.3) is 0 Å². The molecular formula is C24H18. The lowest BCUT2D eigenvalue weighted by Crippen LogP contribution is -1.87. The van der Waals surface area contributed by atoms with E-state index in [1.54, 1.807) is 0 Å². The fraction of sp³-hybridized carbons (Fsp3) is 0. The maximum Gasteiger partial charge on any atom is 0.0327 e. The van der Waals surface area contributed by atoms with Crippen molar-refractivity contribution in [3.8, 4) is 11.8 Å². The summed E-state index contributed by atoms with van der Waals surface area (Å²) in [6.07, 6.45) is 2.09. The van der Waals surface area contributed by atoms with Crippen molar-refractivity contribution in [2.24, 2.45) is 0 Å². The molecule has 0 aromatic heterocycles. The number of rotatable bonds is 3. The lowest BCUT2D eigenvalue weighted by atomic mass is 9.97. The highest BCUT2D eigenvalue weighted by Crippen LogP contribution is 2.22. The number of allylic oxidation sites excluding steroid dienone is 2. The van der Waals surface area contributed by atoms with Crippen molar-refractivity contribution in [1.29, 1.82) is 0 Å². The molecule has 114 valence electrons. The predicted octanol–water partition coefficient (Wildman–Crippen LogP) is 5.84. The van der Waals surface area contributed by atoms with Gasteiger partial charge in [-0.15, -0.1) is 0 Å². The van der Waals surface area contributed by atoms with Crippen LogP contribution in [0.2, 0.25) is 0 Å². The summed E-state index contributed by atoms with van der Waals surface area (Å²) in [5.41, 5.74) is 5.06. The number of hydrogen-bond acceptors (Lipinski definition) is 0. The molecule has 3 aromatic carbocycles. The Bertz CT molecular complexity index is 890. The molecular weight excluding hydrogens is 288 g/mol. The SMILES string of the molecule is C=C(/C(C#Cc1ccccc1)=C/c1ccccc1)c1ccccc1. The predicted molar refractivity (Wildman–Crippen MR) is 103 cm³/mol. The van der Waals surface area contributed by atoms with Gasteiger partial charge >= 0.3 is 0 Å². The summed E-state index contributed by atoms with van der Waals surface area (Å²) in [7, 11) is 0. The number of hydrogen-bond donors (Lipinski definition) is 0. The normalized spacial score (nSPS) is 10.6. The Kier molecular flexibility index (Phi) is 5.07. The van der Waals surface area contributed by atoms with Gasteiger partial charge in [0.05, 0.1) is 0 Å².